The second-order valence-electron chi connectivity index (χ2n) is 8.47. The molecule has 0 aromatic heterocycles. The number of hydrogen-bond acceptors (Lipinski definition) is 5. The predicted molar refractivity (Wildman–Crippen MR) is 145 cm³/mol. The summed E-state index contributed by atoms with van der Waals surface area (Å²) in [5.41, 5.74) is 0.946. The fourth-order valence-corrected chi connectivity index (χ4v) is 4.83. The van der Waals surface area contributed by atoms with Crippen LogP contribution in [0.2, 0.25) is 0 Å². The van der Waals surface area contributed by atoms with Crippen molar-refractivity contribution in [3.8, 4) is 11.5 Å². The van der Waals surface area contributed by atoms with E-state index in [0.29, 0.717) is 15.6 Å². The van der Waals surface area contributed by atoms with E-state index in [9.17, 15) is 22.0 Å². The normalized spacial score (nSPS) is 11.5. The number of aliphatic hydroxyl groups excluding tert-OH is 1. The predicted octanol–water partition coefficient (Wildman–Crippen LogP) is 4.46. The Hall–Kier alpha value is -2.61. The summed E-state index contributed by atoms with van der Waals surface area (Å²) in [5.74, 6) is -1.92. The van der Waals surface area contributed by atoms with Gasteiger partial charge in [0.05, 0.1) is 11.3 Å². The van der Waals surface area contributed by atoms with Crippen LogP contribution in [0.25, 0.3) is 0 Å². The molecule has 0 fully saturated rings. The Morgan fingerprint density at radius 3 is 2.51 bits per heavy atom. The van der Waals surface area contributed by atoms with Gasteiger partial charge < -0.3 is 15.2 Å². The van der Waals surface area contributed by atoms with Crippen LogP contribution in [0.3, 0.4) is 0 Å². The highest BCUT2D eigenvalue weighted by atomic mass is 127. The average molecular weight is 644 g/mol. The summed E-state index contributed by atoms with van der Waals surface area (Å²) in [6.07, 6.45) is 0.243. The second kappa shape index (κ2) is 12.8. The van der Waals surface area contributed by atoms with Crippen LogP contribution < -0.4 is 10.1 Å². The maximum absolute atomic E-state index is 14.7. The molecular weight excluding hydrogens is 617 g/mol. The summed E-state index contributed by atoms with van der Waals surface area (Å²) in [6, 6.07) is 13.1. The highest BCUT2D eigenvalue weighted by molar-refractivity contribution is 14.1. The van der Waals surface area contributed by atoms with E-state index in [1.54, 1.807) is 30.3 Å². The van der Waals surface area contributed by atoms with Crippen molar-refractivity contribution in [2.45, 2.75) is 18.6 Å². The summed E-state index contributed by atoms with van der Waals surface area (Å²) < 4.78 is 61.6. The standard InChI is InChI=1S/C26H27F2IN2O5S/c1-31(2)37(34,35)16-17-5-3-6-22(11-17)36-24-14-20(27)13-19(25(24)26(33)30-9-4-10-32)12-18-7-8-21(29)15-23(18)28/h3,5-8,11,13-15,32H,4,9-10,12,16H2,1-2H3,(H,30,33). The third-order valence-electron chi connectivity index (χ3n) is 5.42. The minimum atomic E-state index is -3.53. The summed E-state index contributed by atoms with van der Waals surface area (Å²) in [4.78, 5) is 13.1. The Kier molecular flexibility index (Phi) is 9.99. The van der Waals surface area contributed by atoms with Crippen LogP contribution in [-0.4, -0.2) is 51.0 Å². The highest BCUT2D eigenvalue weighted by Gasteiger charge is 2.22. The van der Waals surface area contributed by atoms with Gasteiger partial charge >= 0.3 is 0 Å². The molecule has 3 aromatic carbocycles. The number of halogens is 3. The van der Waals surface area contributed by atoms with E-state index in [0.717, 1.165) is 16.4 Å². The van der Waals surface area contributed by atoms with Crippen LogP contribution in [0.1, 0.15) is 33.5 Å². The minimum absolute atomic E-state index is 0.0172. The molecule has 2 N–H and O–H groups in total. The minimum Gasteiger partial charge on any atom is -0.456 e. The van der Waals surface area contributed by atoms with Crippen LogP contribution in [0.4, 0.5) is 8.78 Å². The fourth-order valence-electron chi connectivity index (χ4n) is 3.52. The number of carbonyl (C=O) groups excluding carboxylic acids is 1. The van der Waals surface area contributed by atoms with Gasteiger partial charge in [0, 0.05) is 43.3 Å². The number of benzene rings is 3. The maximum Gasteiger partial charge on any atom is 0.255 e. The number of nitrogens with one attached hydrogen (secondary N) is 1. The Balaban J connectivity index is 2.03. The van der Waals surface area contributed by atoms with E-state index in [2.05, 4.69) is 5.32 Å². The van der Waals surface area contributed by atoms with E-state index >= 15 is 0 Å². The zero-order chi connectivity index (χ0) is 27.2. The lowest BCUT2D eigenvalue weighted by Gasteiger charge is -2.17. The molecule has 11 heteroatoms. The van der Waals surface area contributed by atoms with Gasteiger partial charge in [-0.15, -0.1) is 0 Å². The van der Waals surface area contributed by atoms with Gasteiger partial charge in [-0.2, -0.15) is 0 Å². The van der Waals surface area contributed by atoms with Crippen molar-refractivity contribution in [1.29, 1.82) is 0 Å². The Morgan fingerprint density at radius 2 is 1.84 bits per heavy atom. The summed E-state index contributed by atoms with van der Waals surface area (Å²) >= 11 is 1.98. The third kappa shape index (κ3) is 7.94. The smallest absolute Gasteiger partial charge is 0.255 e. The first-order chi connectivity index (χ1) is 17.5. The maximum atomic E-state index is 14.7. The van der Waals surface area contributed by atoms with Crippen molar-refractivity contribution in [1.82, 2.24) is 9.62 Å². The van der Waals surface area contributed by atoms with Crippen LogP contribution in [0, 0.1) is 15.2 Å². The summed E-state index contributed by atoms with van der Waals surface area (Å²) in [6.45, 7) is 0.0395. The molecule has 0 saturated heterocycles. The molecule has 0 atom stereocenters. The molecule has 0 spiro atoms. The quantitative estimate of drug-likeness (QED) is 0.238. The molecule has 0 saturated carbocycles. The fraction of sp³-hybridized carbons (Fsp3) is 0.269. The number of sulfonamides is 1. The van der Waals surface area contributed by atoms with Crippen LogP contribution >= 0.6 is 22.6 Å². The lowest BCUT2D eigenvalue weighted by Crippen LogP contribution is -2.27. The first kappa shape index (κ1) is 29.0. The Labute approximate surface area is 228 Å². The van der Waals surface area contributed by atoms with Crippen molar-refractivity contribution in [2.75, 3.05) is 27.2 Å². The second-order valence-corrected chi connectivity index (χ2v) is 11.9. The Bertz CT molecular complexity index is 1380. The first-order valence-corrected chi connectivity index (χ1v) is 14.0. The molecular formula is C26H27F2IN2O5S. The largest absolute Gasteiger partial charge is 0.456 e. The van der Waals surface area contributed by atoms with E-state index in [1.807, 2.05) is 22.6 Å². The number of ether oxygens (including phenoxy) is 1. The number of carbonyl (C=O) groups is 1. The molecule has 0 radical (unpaired) electrons. The number of aliphatic hydroxyl groups is 1. The third-order valence-corrected chi connectivity index (χ3v) is 7.91. The molecule has 3 aromatic rings. The van der Waals surface area contributed by atoms with Gasteiger partial charge in [0.1, 0.15) is 23.1 Å². The SMILES string of the molecule is CN(C)S(=O)(=O)Cc1cccc(Oc2cc(F)cc(Cc3ccc(I)cc3F)c2C(=O)NCCCO)c1. The monoisotopic (exact) mass is 644 g/mol. The van der Waals surface area contributed by atoms with Crippen LogP contribution in [-0.2, 0) is 22.2 Å². The molecule has 198 valence electrons. The van der Waals surface area contributed by atoms with Gasteiger partial charge in [-0.25, -0.2) is 21.5 Å². The molecule has 7 nitrogen and oxygen atoms in total. The molecule has 1 amide bonds. The summed E-state index contributed by atoms with van der Waals surface area (Å²) in [5, 5.41) is 11.7. The van der Waals surface area contributed by atoms with E-state index in [-0.39, 0.29) is 53.5 Å². The number of nitrogens with zero attached hydrogens (tertiary/aromatic N) is 1. The molecule has 0 aliphatic heterocycles. The molecule has 0 aliphatic rings. The van der Waals surface area contributed by atoms with Crippen molar-refractivity contribution >= 4 is 38.5 Å². The number of amides is 1. The van der Waals surface area contributed by atoms with Gasteiger partial charge in [0.25, 0.3) is 5.91 Å². The molecule has 3 rings (SSSR count). The molecule has 0 aliphatic carbocycles. The molecule has 0 bridgehead atoms. The first-order valence-electron chi connectivity index (χ1n) is 11.3. The topological polar surface area (TPSA) is 95.9 Å². The van der Waals surface area contributed by atoms with E-state index in [4.69, 9.17) is 9.84 Å². The molecule has 37 heavy (non-hydrogen) atoms. The van der Waals surface area contributed by atoms with Gasteiger partial charge in [-0.05, 0) is 76.0 Å². The Morgan fingerprint density at radius 1 is 1.08 bits per heavy atom. The highest BCUT2D eigenvalue weighted by Crippen LogP contribution is 2.32. The van der Waals surface area contributed by atoms with E-state index in [1.165, 1.54) is 26.2 Å². The van der Waals surface area contributed by atoms with E-state index < -0.39 is 27.6 Å². The molecule has 0 unspecified atom stereocenters. The van der Waals surface area contributed by atoms with Gasteiger partial charge in [-0.1, -0.05) is 18.2 Å². The van der Waals surface area contributed by atoms with Crippen molar-refractivity contribution in [3.63, 3.8) is 0 Å². The number of hydrogen-bond donors (Lipinski definition) is 2. The summed E-state index contributed by atoms with van der Waals surface area (Å²) in [7, 11) is -0.668. The van der Waals surface area contributed by atoms with Gasteiger partial charge in [0.2, 0.25) is 10.0 Å². The van der Waals surface area contributed by atoms with Gasteiger partial charge in [0.15, 0.2) is 0 Å². The van der Waals surface area contributed by atoms with Crippen molar-refractivity contribution < 1.29 is 31.8 Å². The zero-order valence-corrected chi connectivity index (χ0v) is 23.3. The van der Waals surface area contributed by atoms with Crippen LogP contribution in [0.15, 0.2) is 54.6 Å². The lowest BCUT2D eigenvalue weighted by molar-refractivity contribution is 0.0948. The zero-order valence-electron chi connectivity index (χ0n) is 20.3. The van der Waals surface area contributed by atoms with Crippen LogP contribution in [0.5, 0.6) is 11.5 Å². The van der Waals surface area contributed by atoms with Gasteiger partial charge in [-0.3, -0.25) is 4.79 Å². The van der Waals surface area contributed by atoms with Crippen molar-refractivity contribution in [2.24, 2.45) is 0 Å². The number of rotatable bonds is 11. The average Bonchev–Trinajstić information content (AvgIpc) is 2.80. The molecule has 0 heterocycles. The lowest BCUT2D eigenvalue weighted by atomic mass is 9.97. The van der Waals surface area contributed by atoms with Crippen molar-refractivity contribution in [3.05, 3.63) is 92.1 Å².